The molecule has 0 saturated heterocycles. The molecule has 0 spiro atoms. The SMILES string of the molecule is CCc1cccc(C)c1Nc1cc(C)nc(Nc2cccc(F)c2)n1. The first-order valence-electron chi connectivity index (χ1n) is 8.29. The van der Waals surface area contributed by atoms with Gasteiger partial charge in [-0.1, -0.05) is 31.2 Å². The summed E-state index contributed by atoms with van der Waals surface area (Å²) in [4.78, 5) is 8.90. The maximum absolute atomic E-state index is 13.4. The van der Waals surface area contributed by atoms with E-state index in [1.54, 1.807) is 12.1 Å². The van der Waals surface area contributed by atoms with E-state index in [4.69, 9.17) is 0 Å². The molecule has 0 aliphatic carbocycles. The molecule has 0 amide bonds. The molecule has 128 valence electrons. The van der Waals surface area contributed by atoms with Crippen molar-refractivity contribution in [1.29, 1.82) is 0 Å². The van der Waals surface area contributed by atoms with Crippen LogP contribution in [0.25, 0.3) is 0 Å². The fourth-order valence-corrected chi connectivity index (χ4v) is 2.71. The van der Waals surface area contributed by atoms with Gasteiger partial charge in [0.15, 0.2) is 0 Å². The average Bonchev–Trinajstić information content (AvgIpc) is 2.56. The van der Waals surface area contributed by atoms with E-state index >= 15 is 0 Å². The van der Waals surface area contributed by atoms with Crippen molar-refractivity contribution in [3.8, 4) is 0 Å². The molecule has 0 bridgehead atoms. The summed E-state index contributed by atoms with van der Waals surface area (Å²) in [6.07, 6.45) is 0.933. The van der Waals surface area contributed by atoms with Gasteiger partial charge in [-0.15, -0.1) is 0 Å². The minimum absolute atomic E-state index is 0.302. The Bertz CT molecular complexity index is 893. The minimum Gasteiger partial charge on any atom is -0.340 e. The molecule has 0 fully saturated rings. The van der Waals surface area contributed by atoms with Crippen LogP contribution in [0.3, 0.4) is 0 Å². The van der Waals surface area contributed by atoms with Crippen LogP contribution in [0.4, 0.5) is 27.5 Å². The molecule has 0 saturated carbocycles. The average molecular weight is 336 g/mol. The van der Waals surface area contributed by atoms with Crippen LogP contribution < -0.4 is 10.6 Å². The number of nitrogens with zero attached hydrogens (tertiary/aromatic N) is 2. The molecule has 2 N–H and O–H groups in total. The molecule has 0 radical (unpaired) electrons. The van der Waals surface area contributed by atoms with Crippen LogP contribution in [0, 0.1) is 19.7 Å². The van der Waals surface area contributed by atoms with Gasteiger partial charge in [0.25, 0.3) is 0 Å². The van der Waals surface area contributed by atoms with Gasteiger partial charge in [0.05, 0.1) is 0 Å². The number of aryl methyl sites for hydroxylation is 3. The molecule has 5 heteroatoms. The highest BCUT2D eigenvalue weighted by atomic mass is 19.1. The summed E-state index contributed by atoms with van der Waals surface area (Å²) >= 11 is 0. The first-order chi connectivity index (χ1) is 12.0. The van der Waals surface area contributed by atoms with Gasteiger partial charge in [-0.3, -0.25) is 0 Å². The molecule has 1 heterocycles. The van der Waals surface area contributed by atoms with Crippen molar-refractivity contribution in [3.63, 3.8) is 0 Å². The van der Waals surface area contributed by atoms with Crippen LogP contribution in [0.1, 0.15) is 23.7 Å². The van der Waals surface area contributed by atoms with Crippen LogP contribution in [0.2, 0.25) is 0 Å². The van der Waals surface area contributed by atoms with Crippen molar-refractivity contribution in [2.75, 3.05) is 10.6 Å². The largest absolute Gasteiger partial charge is 0.340 e. The number of halogens is 1. The zero-order chi connectivity index (χ0) is 17.8. The summed E-state index contributed by atoms with van der Waals surface area (Å²) < 4.78 is 13.4. The molecule has 0 atom stereocenters. The Morgan fingerprint density at radius 3 is 2.52 bits per heavy atom. The summed E-state index contributed by atoms with van der Waals surface area (Å²) in [5, 5.41) is 6.46. The maximum atomic E-state index is 13.4. The van der Waals surface area contributed by atoms with Gasteiger partial charge in [-0.25, -0.2) is 9.37 Å². The molecule has 25 heavy (non-hydrogen) atoms. The highest BCUT2D eigenvalue weighted by molar-refractivity contribution is 5.66. The highest BCUT2D eigenvalue weighted by Crippen LogP contribution is 2.25. The lowest BCUT2D eigenvalue weighted by Gasteiger charge is -2.15. The van der Waals surface area contributed by atoms with E-state index in [0.29, 0.717) is 17.5 Å². The smallest absolute Gasteiger partial charge is 0.229 e. The molecule has 0 unspecified atom stereocenters. The summed E-state index contributed by atoms with van der Waals surface area (Å²) in [5.74, 6) is 0.832. The molecule has 2 aromatic carbocycles. The number of benzene rings is 2. The van der Waals surface area contributed by atoms with E-state index < -0.39 is 0 Å². The summed E-state index contributed by atoms with van der Waals surface area (Å²) in [7, 11) is 0. The number of hydrogen-bond acceptors (Lipinski definition) is 4. The van der Waals surface area contributed by atoms with E-state index in [0.717, 1.165) is 23.4 Å². The number of nitrogens with one attached hydrogen (secondary N) is 2. The van der Waals surface area contributed by atoms with E-state index in [-0.39, 0.29) is 5.82 Å². The predicted molar refractivity (Wildman–Crippen MR) is 100 cm³/mol. The predicted octanol–water partition coefficient (Wildman–Crippen LogP) is 5.28. The van der Waals surface area contributed by atoms with Gasteiger partial charge in [-0.2, -0.15) is 4.98 Å². The molecule has 0 aliphatic heterocycles. The lowest BCUT2D eigenvalue weighted by atomic mass is 10.1. The Morgan fingerprint density at radius 2 is 1.76 bits per heavy atom. The number of rotatable bonds is 5. The lowest BCUT2D eigenvalue weighted by molar-refractivity contribution is 0.628. The van der Waals surface area contributed by atoms with Crippen molar-refractivity contribution in [3.05, 3.63) is 71.2 Å². The van der Waals surface area contributed by atoms with Crippen LogP contribution in [0.15, 0.2) is 48.5 Å². The monoisotopic (exact) mass is 336 g/mol. The van der Waals surface area contributed by atoms with E-state index in [9.17, 15) is 4.39 Å². The topological polar surface area (TPSA) is 49.8 Å². The fraction of sp³-hybridized carbons (Fsp3) is 0.200. The van der Waals surface area contributed by atoms with Crippen molar-refractivity contribution in [1.82, 2.24) is 9.97 Å². The number of anilines is 4. The standard InChI is InChI=1S/C20H21FN4/c1-4-15-8-5-7-13(2)19(15)24-18-11-14(3)22-20(25-18)23-17-10-6-9-16(21)12-17/h5-12H,4H2,1-3H3,(H2,22,23,24,25). The highest BCUT2D eigenvalue weighted by Gasteiger charge is 2.08. The molecule has 3 rings (SSSR count). The van der Waals surface area contributed by atoms with E-state index in [2.05, 4.69) is 52.6 Å². The third-order valence-corrected chi connectivity index (χ3v) is 3.93. The van der Waals surface area contributed by atoms with Crippen LogP contribution >= 0.6 is 0 Å². The summed E-state index contributed by atoms with van der Waals surface area (Å²) in [6, 6.07) is 14.4. The van der Waals surface area contributed by atoms with Gasteiger partial charge in [0.2, 0.25) is 5.95 Å². The Labute approximate surface area is 147 Å². The van der Waals surface area contributed by atoms with E-state index in [1.807, 2.05) is 13.0 Å². The Balaban J connectivity index is 1.90. The molecule has 4 nitrogen and oxygen atoms in total. The van der Waals surface area contributed by atoms with Crippen LogP contribution in [-0.2, 0) is 6.42 Å². The van der Waals surface area contributed by atoms with Gasteiger partial charge >= 0.3 is 0 Å². The molecular formula is C20H21FN4. The number of aromatic nitrogens is 2. The molecule has 1 aromatic heterocycles. The Kier molecular flexibility index (Phi) is 4.93. The Morgan fingerprint density at radius 1 is 0.960 bits per heavy atom. The first kappa shape index (κ1) is 16.9. The number of para-hydroxylation sites is 1. The normalized spacial score (nSPS) is 10.6. The zero-order valence-corrected chi connectivity index (χ0v) is 14.6. The van der Waals surface area contributed by atoms with Crippen molar-refractivity contribution < 1.29 is 4.39 Å². The quantitative estimate of drug-likeness (QED) is 0.665. The van der Waals surface area contributed by atoms with Crippen molar-refractivity contribution >= 4 is 23.1 Å². The van der Waals surface area contributed by atoms with Gasteiger partial charge in [0, 0.05) is 23.1 Å². The van der Waals surface area contributed by atoms with E-state index in [1.165, 1.54) is 17.7 Å². The zero-order valence-electron chi connectivity index (χ0n) is 14.6. The van der Waals surface area contributed by atoms with Gasteiger partial charge < -0.3 is 10.6 Å². The second-order valence-electron chi connectivity index (χ2n) is 5.94. The molecule has 3 aromatic rings. The van der Waals surface area contributed by atoms with Gasteiger partial charge in [0.1, 0.15) is 11.6 Å². The second-order valence-corrected chi connectivity index (χ2v) is 5.94. The van der Waals surface area contributed by atoms with Crippen molar-refractivity contribution in [2.24, 2.45) is 0 Å². The Hall–Kier alpha value is -2.95. The third kappa shape index (κ3) is 4.12. The molecular weight excluding hydrogens is 315 g/mol. The summed E-state index contributed by atoms with van der Waals surface area (Å²) in [6.45, 7) is 6.10. The first-order valence-corrected chi connectivity index (χ1v) is 8.29. The minimum atomic E-state index is -0.302. The van der Waals surface area contributed by atoms with Crippen LogP contribution in [0.5, 0.6) is 0 Å². The third-order valence-electron chi connectivity index (χ3n) is 3.93. The van der Waals surface area contributed by atoms with Crippen molar-refractivity contribution in [2.45, 2.75) is 27.2 Å². The fourth-order valence-electron chi connectivity index (χ4n) is 2.71. The second kappa shape index (κ2) is 7.30. The molecule has 0 aliphatic rings. The summed E-state index contributed by atoms with van der Waals surface area (Å²) in [5.41, 5.74) is 4.90. The lowest BCUT2D eigenvalue weighted by Crippen LogP contribution is -2.04. The number of hydrogen-bond donors (Lipinski definition) is 2. The van der Waals surface area contributed by atoms with Crippen LogP contribution in [-0.4, -0.2) is 9.97 Å². The maximum Gasteiger partial charge on any atom is 0.229 e. The van der Waals surface area contributed by atoms with Gasteiger partial charge in [-0.05, 0) is 49.6 Å².